The molecule has 0 bridgehead atoms. The lowest BCUT2D eigenvalue weighted by Crippen LogP contribution is -2.28. The summed E-state index contributed by atoms with van der Waals surface area (Å²) >= 11 is 0. The molecule has 1 aromatic carbocycles. The van der Waals surface area contributed by atoms with Crippen molar-refractivity contribution in [2.45, 2.75) is 32.2 Å². The van der Waals surface area contributed by atoms with Gasteiger partial charge in [-0.1, -0.05) is 0 Å². The van der Waals surface area contributed by atoms with Gasteiger partial charge in [-0.3, -0.25) is 0 Å². The Morgan fingerprint density at radius 3 is 3.00 bits per heavy atom. The van der Waals surface area contributed by atoms with Crippen molar-refractivity contribution in [3.8, 4) is 5.75 Å². The molecule has 0 radical (unpaired) electrons. The molecule has 3 nitrogen and oxygen atoms in total. The molecule has 2 aromatic rings. The first-order chi connectivity index (χ1) is 9.20. The van der Waals surface area contributed by atoms with E-state index in [-0.39, 0.29) is 11.6 Å². The maximum Gasteiger partial charge on any atom is 0.129 e. The molecule has 0 aliphatic carbocycles. The summed E-state index contributed by atoms with van der Waals surface area (Å²) in [4.78, 5) is 0. The van der Waals surface area contributed by atoms with E-state index in [0.717, 1.165) is 48.9 Å². The molecular weight excluding hydrogens is 243 g/mol. The van der Waals surface area contributed by atoms with Crippen LogP contribution in [0.1, 0.15) is 31.2 Å². The molecule has 1 aliphatic heterocycles. The Kier molecular flexibility index (Phi) is 3.19. The molecule has 1 unspecified atom stereocenters. The van der Waals surface area contributed by atoms with Crippen LogP contribution in [0.3, 0.4) is 0 Å². The van der Waals surface area contributed by atoms with Gasteiger partial charge in [0.25, 0.3) is 0 Å². The number of phenols is 1. The molecule has 1 atom stereocenters. The molecular formula is C15H19FN2O. The van der Waals surface area contributed by atoms with E-state index in [2.05, 4.69) is 11.5 Å². The molecule has 1 aliphatic rings. The van der Waals surface area contributed by atoms with Crippen molar-refractivity contribution in [1.29, 1.82) is 0 Å². The van der Waals surface area contributed by atoms with E-state index in [9.17, 15) is 9.50 Å². The number of hydrogen-bond donors (Lipinski definition) is 2. The second-order valence-corrected chi connectivity index (χ2v) is 5.23. The van der Waals surface area contributed by atoms with Gasteiger partial charge in [0, 0.05) is 30.7 Å². The van der Waals surface area contributed by atoms with Gasteiger partial charge in [0.05, 0.1) is 5.52 Å². The first-order valence-electron chi connectivity index (χ1n) is 6.92. The highest BCUT2D eigenvalue weighted by Crippen LogP contribution is 2.37. The zero-order valence-electron chi connectivity index (χ0n) is 11.1. The van der Waals surface area contributed by atoms with Crippen LogP contribution < -0.4 is 5.32 Å². The van der Waals surface area contributed by atoms with Gasteiger partial charge in [-0.2, -0.15) is 0 Å². The van der Waals surface area contributed by atoms with Crippen molar-refractivity contribution in [3.63, 3.8) is 0 Å². The lowest BCUT2D eigenvalue weighted by atomic mass is 9.91. The third kappa shape index (κ3) is 2.10. The number of benzene rings is 1. The third-order valence-electron chi connectivity index (χ3n) is 4.03. The number of rotatable bonds is 2. The summed E-state index contributed by atoms with van der Waals surface area (Å²) < 4.78 is 15.5. The van der Waals surface area contributed by atoms with Crippen LogP contribution >= 0.6 is 0 Å². The van der Waals surface area contributed by atoms with Gasteiger partial charge in [-0.05, 0) is 43.9 Å². The van der Waals surface area contributed by atoms with E-state index >= 15 is 0 Å². The standard InChI is InChI=1S/C15H19FN2O/c1-2-18-9-12(10-4-3-5-17-8-10)15-13(18)6-11(16)7-14(15)19/h6-7,9-10,17,19H,2-5,8H2,1H3. The van der Waals surface area contributed by atoms with E-state index in [1.165, 1.54) is 12.1 Å². The van der Waals surface area contributed by atoms with Crippen molar-refractivity contribution >= 4 is 10.9 Å². The van der Waals surface area contributed by atoms with Crippen LogP contribution in [0.5, 0.6) is 5.75 Å². The Hall–Kier alpha value is -1.55. The minimum absolute atomic E-state index is 0.0581. The van der Waals surface area contributed by atoms with Gasteiger partial charge >= 0.3 is 0 Å². The number of piperidine rings is 1. The van der Waals surface area contributed by atoms with Crippen LogP contribution in [0.4, 0.5) is 4.39 Å². The van der Waals surface area contributed by atoms with Gasteiger partial charge in [0.2, 0.25) is 0 Å². The fourth-order valence-corrected chi connectivity index (χ4v) is 3.09. The number of aryl methyl sites for hydroxylation is 1. The SMILES string of the molecule is CCn1cc(C2CCCNC2)c2c(O)cc(F)cc21. The van der Waals surface area contributed by atoms with Crippen LogP contribution in [0.15, 0.2) is 18.3 Å². The van der Waals surface area contributed by atoms with Crippen molar-refractivity contribution in [1.82, 2.24) is 9.88 Å². The van der Waals surface area contributed by atoms with E-state index < -0.39 is 0 Å². The molecule has 1 aromatic heterocycles. The molecule has 1 fully saturated rings. The number of aromatic hydroxyl groups is 1. The first kappa shape index (κ1) is 12.5. The van der Waals surface area contributed by atoms with Gasteiger partial charge < -0.3 is 15.0 Å². The highest BCUT2D eigenvalue weighted by atomic mass is 19.1. The van der Waals surface area contributed by atoms with Gasteiger partial charge in [-0.15, -0.1) is 0 Å². The summed E-state index contributed by atoms with van der Waals surface area (Å²) in [5.74, 6) is 0.0781. The van der Waals surface area contributed by atoms with Gasteiger partial charge in [-0.25, -0.2) is 4.39 Å². The number of hydrogen-bond acceptors (Lipinski definition) is 2. The molecule has 19 heavy (non-hydrogen) atoms. The number of nitrogens with zero attached hydrogens (tertiary/aromatic N) is 1. The van der Waals surface area contributed by atoms with Crippen molar-refractivity contribution in [2.24, 2.45) is 0 Å². The quantitative estimate of drug-likeness (QED) is 0.873. The number of phenolic OH excluding ortho intramolecular Hbond substituents is 1. The molecule has 2 N–H and O–H groups in total. The van der Waals surface area contributed by atoms with Gasteiger partial charge in [0.15, 0.2) is 0 Å². The maximum absolute atomic E-state index is 13.5. The average Bonchev–Trinajstić information content (AvgIpc) is 2.78. The van der Waals surface area contributed by atoms with Gasteiger partial charge in [0.1, 0.15) is 11.6 Å². The van der Waals surface area contributed by atoms with E-state index in [0.29, 0.717) is 5.92 Å². The summed E-state index contributed by atoms with van der Waals surface area (Å²) in [6.45, 7) is 4.80. The topological polar surface area (TPSA) is 37.2 Å². The Bertz CT molecular complexity index is 600. The molecule has 4 heteroatoms. The minimum Gasteiger partial charge on any atom is -0.507 e. The predicted molar refractivity (Wildman–Crippen MR) is 74.1 cm³/mol. The Morgan fingerprint density at radius 2 is 2.32 bits per heavy atom. The van der Waals surface area contributed by atoms with E-state index in [1.54, 1.807) is 0 Å². The summed E-state index contributed by atoms with van der Waals surface area (Å²) in [5.41, 5.74) is 1.93. The highest BCUT2D eigenvalue weighted by Gasteiger charge is 2.22. The first-order valence-corrected chi connectivity index (χ1v) is 6.92. The van der Waals surface area contributed by atoms with Crippen LogP contribution in [-0.4, -0.2) is 22.8 Å². The van der Waals surface area contributed by atoms with E-state index in [1.807, 2.05) is 11.5 Å². The van der Waals surface area contributed by atoms with E-state index in [4.69, 9.17) is 0 Å². The number of halogens is 1. The van der Waals surface area contributed by atoms with Crippen molar-refractivity contribution in [2.75, 3.05) is 13.1 Å². The van der Waals surface area contributed by atoms with Crippen LogP contribution in [-0.2, 0) is 6.54 Å². The highest BCUT2D eigenvalue weighted by molar-refractivity contribution is 5.90. The number of nitrogens with one attached hydrogen (secondary N) is 1. The largest absolute Gasteiger partial charge is 0.507 e. The summed E-state index contributed by atoms with van der Waals surface area (Å²) in [6.07, 6.45) is 4.33. The minimum atomic E-state index is -0.383. The lowest BCUT2D eigenvalue weighted by Gasteiger charge is -2.22. The second kappa shape index (κ2) is 4.85. The van der Waals surface area contributed by atoms with Crippen molar-refractivity contribution < 1.29 is 9.50 Å². The van der Waals surface area contributed by atoms with Crippen LogP contribution in [0, 0.1) is 5.82 Å². The fourth-order valence-electron chi connectivity index (χ4n) is 3.09. The second-order valence-electron chi connectivity index (χ2n) is 5.23. The number of fused-ring (bicyclic) bond motifs is 1. The Labute approximate surface area is 112 Å². The number of aromatic nitrogens is 1. The Balaban J connectivity index is 2.18. The predicted octanol–water partition coefficient (Wildman–Crippen LogP) is 2.97. The summed E-state index contributed by atoms with van der Waals surface area (Å²) in [5, 5.41) is 14.3. The lowest BCUT2D eigenvalue weighted by molar-refractivity contribution is 0.458. The van der Waals surface area contributed by atoms with Crippen molar-refractivity contribution in [3.05, 3.63) is 29.7 Å². The normalized spacial score (nSPS) is 20.0. The van der Waals surface area contributed by atoms with Crippen LogP contribution in [0.25, 0.3) is 10.9 Å². The molecule has 3 rings (SSSR count). The smallest absolute Gasteiger partial charge is 0.129 e. The fraction of sp³-hybridized carbons (Fsp3) is 0.467. The Morgan fingerprint density at radius 1 is 1.47 bits per heavy atom. The zero-order chi connectivity index (χ0) is 13.4. The maximum atomic E-state index is 13.5. The molecule has 0 amide bonds. The molecule has 0 saturated carbocycles. The zero-order valence-corrected chi connectivity index (χ0v) is 11.1. The molecule has 102 valence electrons. The summed E-state index contributed by atoms with van der Waals surface area (Å²) in [7, 11) is 0. The molecule has 0 spiro atoms. The average molecular weight is 262 g/mol. The van der Waals surface area contributed by atoms with Crippen LogP contribution in [0.2, 0.25) is 0 Å². The summed E-state index contributed by atoms with van der Waals surface area (Å²) in [6, 6.07) is 2.72. The third-order valence-corrected chi connectivity index (χ3v) is 4.03. The monoisotopic (exact) mass is 262 g/mol. The molecule has 1 saturated heterocycles. The molecule has 2 heterocycles.